The predicted molar refractivity (Wildman–Crippen MR) is 80.9 cm³/mol. The molecule has 0 amide bonds. The first kappa shape index (κ1) is 14.4. The van der Waals surface area contributed by atoms with Crippen molar-refractivity contribution in [2.75, 3.05) is 4.72 Å². The fraction of sp³-hybridized carbons (Fsp3) is 0.0769. The Balaban J connectivity index is 2.25. The highest BCUT2D eigenvalue weighted by molar-refractivity contribution is 9.10. The zero-order valence-electron chi connectivity index (χ0n) is 9.81. The number of benzene rings is 2. The number of anilines is 1. The van der Waals surface area contributed by atoms with Crippen LogP contribution in [-0.4, -0.2) is 8.42 Å². The molecule has 2 rings (SSSR count). The topological polar surface area (TPSA) is 46.2 Å². The lowest BCUT2D eigenvalue weighted by Gasteiger charge is -2.08. The van der Waals surface area contributed by atoms with E-state index < -0.39 is 10.0 Å². The lowest BCUT2D eigenvalue weighted by atomic mass is 10.2. The van der Waals surface area contributed by atoms with Crippen molar-refractivity contribution in [3.63, 3.8) is 0 Å². The van der Waals surface area contributed by atoms with E-state index in [1.165, 1.54) is 0 Å². The van der Waals surface area contributed by atoms with Crippen LogP contribution in [0.4, 0.5) is 5.69 Å². The molecular weight excluding hydrogens is 350 g/mol. The summed E-state index contributed by atoms with van der Waals surface area (Å²) in [5.74, 6) is 0.401. The molecule has 19 heavy (non-hydrogen) atoms. The minimum absolute atomic E-state index is 0.211. The molecule has 6 heteroatoms. The van der Waals surface area contributed by atoms with Crippen molar-refractivity contribution < 1.29 is 8.42 Å². The van der Waals surface area contributed by atoms with Crippen LogP contribution >= 0.6 is 27.5 Å². The number of alkyl halides is 1. The highest BCUT2D eigenvalue weighted by Crippen LogP contribution is 2.20. The van der Waals surface area contributed by atoms with Gasteiger partial charge < -0.3 is 0 Å². The van der Waals surface area contributed by atoms with Gasteiger partial charge in [-0.15, -0.1) is 11.6 Å². The highest BCUT2D eigenvalue weighted by Gasteiger charge is 2.14. The average Bonchev–Trinajstić information content (AvgIpc) is 2.39. The molecule has 0 unspecified atom stereocenters. The Bertz CT molecular complexity index is 671. The SMILES string of the molecule is O=S(=O)(Nc1ccc(CCl)cc1)c1cccc(Br)c1. The van der Waals surface area contributed by atoms with Crippen molar-refractivity contribution in [1.82, 2.24) is 0 Å². The summed E-state index contributed by atoms with van der Waals surface area (Å²) in [6.45, 7) is 0. The van der Waals surface area contributed by atoms with Gasteiger partial charge in [-0.3, -0.25) is 4.72 Å². The smallest absolute Gasteiger partial charge is 0.261 e. The maximum Gasteiger partial charge on any atom is 0.261 e. The molecule has 0 heterocycles. The van der Waals surface area contributed by atoms with Crippen LogP contribution in [0.3, 0.4) is 0 Å². The Morgan fingerprint density at radius 2 is 1.79 bits per heavy atom. The maximum absolute atomic E-state index is 12.2. The summed E-state index contributed by atoms with van der Waals surface area (Å²) < 4.78 is 27.5. The van der Waals surface area contributed by atoms with E-state index >= 15 is 0 Å². The van der Waals surface area contributed by atoms with E-state index in [0.29, 0.717) is 16.0 Å². The van der Waals surface area contributed by atoms with E-state index in [0.717, 1.165) is 5.56 Å². The molecule has 2 aromatic rings. The number of hydrogen-bond acceptors (Lipinski definition) is 2. The third-order valence-corrected chi connectivity index (χ3v) is 4.65. The predicted octanol–water partition coefficient (Wildman–Crippen LogP) is 3.99. The lowest BCUT2D eigenvalue weighted by molar-refractivity contribution is 0.601. The van der Waals surface area contributed by atoms with Gasteiger partial charge in [-0.05, 0) is 35.9 Å². The Hall–Kier alpha value is -1.04. The molecular formula is C13H11BrClNO2S. The van der Waals surface area contributed by atoms with Crippen LogP contribution in [0.1, 0.15) is 5.56 Å². The minimum Gasteiger partial charge on any atom is -0.280 e. The molecule has 0 aliphatic carbocycles. The molecule has 0 atom stereocenters. The van der Waals surface area contributed by atoms with Crippen molar-refractivity contribution in [1.29, 1.82) is 0 Å². The van der Waals surface area contributed by atoms with Crippen LogP contribution in [0, 0.1) is 0 Å². The van der Waals surface area contributed by atoms with E-state index in [9.17, 15) is 8.42 Å². The quantitative estimate of drug-likeness (QED) is 0.838. The van der Waals surface area contributed by atoms with Gasteiger partial charge in [0.2, 0.25) is 0 Å². The van der Waals surface area contributed by atoms with Crippen LogP contribution in [0.2, 0.25) is 0 Å². The van der Waals surface area contributed by atoms with Gasteiger partial charge in [-0.2, -0.15) is 0 Å². The molecule has 1 N–H and O–H groups in total. The molecule has 3 nitrogen and oxygen atoms in total. The molecule has 0 bridgehead atoms. The van der Waals surface area contributed by atoms with Crippen molar-refractivity contribution in [2.45, 2.75) is 10.8 Å². The van der Waals surface area contributed by atoms with Gasteiger partial charge in [-0.25, -0.2) is 8.42 Å². The normalized spacial score (nSPS) is 11.3. The molecule has 0 spiro atoms. The molecule has 0 aliphatic heterocycles. The molecule has 100 valence electrons. The third kappa shape index (κ3) is 3.72. The number of hydrogen-bond donors (Lipinski definition) is 1. The first-order valence-corrected chi connectivity index (χ1v) is 8.25. The number of rotatable bonds is 4. The molecule has 0 saturated heterocycles. The Morgan fingerprint density at radius 3 is 2.37 bits per heavy atom. The van der Waals surface area contributed by atoms with E-state index in [2.05, 4.69) is 20.7 Å². The highest BCUT2D eigenvalue weighted by atomic mass is 79.9. The fourth-order valence-electron chi connectivity index (χ4n) is 1.51. The zero-order chi connectivity index (χ0) is 13.9. The Labute approximate surface area is 125 Å². The summed E-state index contributed by atoms with van der Waals surface area (Å²) in [5.41, 5.74) is 1.45. The second-order valence-electron chi connectivity index (χ2n) is 3.89. The summed E-state index contributed by atoms with van der Waals surface area (Å²) in [6, 6.07) is 13.5. The second-order valence-corrected chi connectivity index (χ2v) is 6.76. The molecule has 2 aromatic carbocycles. The van der Waals surface area contributed by atoms with Crippen molar-refractivity contribution in [2.24, 2.45) is 0 Å². The van der Waals surface area contributed by atoms with Crippen LogP contribution in [0.5, 0.6) is 0 Å². The third-order valence-electron chi connectivity index (χ3n) is 2.47. The van der Waals surface area contributed by atoms with E-state index in [1.54, 1.807) is 48.5 Å². The Morgan fingerprint density at radius 1 is 1.11 bits per heavy atom. The molecule has 0 aromatic heterocycles. The number of nitrogens with one attached hydrogen (secondary N) is 1. The first-order valence-electron chi connectivity index (χ1n) is 5.44. The van der Waals surface area contributed by atoms with Crippen LogP contribution in [-0.2, 0) is 15.9 Å². The van der Waals surface area contributed by atoms with Gasteiger partial charge in [0.15, 0.2) is 0 Å². The summed E-state index contributed by atoms with van der Waals surface area (Å²) in [7, 11) is -3.57. The van der Waals surface area contributed by atoms with Gasteiger partial charge >= 0.3 is 0 Å². The average molecular weight is 361 g/mol. The second kappa shape index (κ2) is 5.94. The van der Waals surface area contributed by atoms with E-state index in [1.807, 2.05) is 0 Å². The maximum atomic E-state index is 12.2. The fourth-order valence-corrected chi connectivity index (χ4v) is 3.34. The summed E-state index contributed by atoms with van der Waals surface area (Å²) in [4.78, 5) is 0.211. The van der Waals surface area contributed by atoms with E-state index in [4.69, 9.17) is 11.6 Å². The number of halogens is 2. The van der Waals surface area contributed by atoms with Crippen LogP contribution in [0.15, 0.2) is 57.9 Å². The monoisotopic (exact) mass is 359 g/mol. The van der Waals surface area contributed by atoms with E-state index in [-0.39, 0.29) is 4.90 Å². The van der Waals surface area contributed by atoms with Crippen LogP contribution in [0.25, 0.3) is 0 Å². The van der Waals surface area contributed by atoms with Gasteiger partial charge in [0, 0.05) is 16.0 Å². The summed E-state index contributed by atoms with van der Waals surface area (Å²) in [6.07, 6.45) is 0. The van der Waals surface area contributed by atoms with Crippen molar-refractivity contribution in [3.05, 3.63) is 58.6 Å². The molecule has 0 fully saturated rings. The molecule has 0 aliphatic rings. The van der Waals surface area contributed by atoms with Gasteiger partial charge in [0.1, 0.15) is 0 Å². The zero-order valence-corrected chi connectivity index (χ0v) is 13.0. The standard InChI is InChI=1S/C13H11BrClNO2S/c14-11-2-1-3-13(8-11)19(17,18)16-12-6-4-10(9-15)5-7-12/h1-8,16H,9H2. The van der Waals surface area contributed by atoms with Gasteiger partial charge in [0.25, 0.3) is 10.0 Å². The largest absolute Gasteiger partial charge is 0.280 e. The summed E-state index contributed by atoms with van der Waals surface area (Å²) in [5, 5.41) is 0. The molecule has 0 radical (unpaired) electrons. The Kier molecular flexibility index (Phi) is 4.50. The van der Waals surface area contributed by atoms with Crippen molar-refractivity contribution >= 4 is 43.2 Å². The van der Waals surface area contributed by atoms with Crippen LogP contribution < -0.4 is 4.72 Å². The lowest BCUT2D eigenvalue weighted by Crippen LogP contribution is -2.12. The van der Waals surface area contributed by atoms with Gasteiger partial charge in [0.05, 0.1) is 4.90 Å². The number of sulfonamides is 1. The van der Waals surface area contributed by atoms with Gasteiger partial charge in [-0.1, -0.05) is 34.1 Å². The summed E-state index contributed by atoms with van der Waals surface area (Å²) >= 11 is 8.93. The molecule has 0 saturated carbocycles. The first-order chi connectivity index (χ1) is 9.01. The minimum atomic E-state index is -3.57. The van der Waals surface area contributed by atoms with Crippen molar-refractivity contribution in [3.8, 4) is 0 Å².